The summed E-state index contributed by atoms with van der Waals surface area (Å²) in [6, 6.07) is 5.87. The molecule has 2 heterocycles. The Morgan fingerprint density at radius 1 is 1.14 bits per heavy atom. The molecule has 0 radical (unpaired) electrons. The Hall–Kier alpha value is -2.97. The fraction of sp³-hybridized carbons (Fsp3) is 0.654. The number of hydrogen-bond donors (Lipinski definition) is 1. The number of carbonyl (C=O) groups is 3. The molecule has 1 aliphatic carbocycles. The van der Waals surface area contributed by atoms with Crippen molar-refractivity contribution in [3.8, 4) is 0 Å². The highest BCUT2D eigenvalue weighted by Gasteiger charge is 2.47. The van der Waals surface area contributed by atoms with Gasteiger partial charge in [-0.1, -0.05) is 24.6 Å². The number of ketones is 1. The van der Waals surface area contributed by atoms with Gasteiger partial charge in [0.2, 0.25) is 12.5 Å². The SMILES string of the molecule is Cc1ccc(NC(=O)N2CCC3(CCN(C(=O)CC4C(=O)CC(C)C4C[N+](=O)[O-])C3)CC2)c(C)c1. The van der Waals surface area contributed by atoms with Gasteiger partial charge in [0.15, 0.2) is 0 Å². The third kappa shape index (κ3) is 5.49. The average Bonchev–Trinajstić information content (AvgIpc) is 3.32. The summed E-state index contributed by atoms with van der Waals surface area (Å²) in [5.74, 6) is -1.06. The average molecular weight is 485 g/mol. The predicted molar refractivity (Wildman–Crippen MR) is 132 cm³/mol. The van der Waals surface area contributed by atoms with Crippen LogP contribution in [0.4, 0.5) is 10.5 Å². The quantitative estimate of drug-likeness (QED) is 0.506. The van der Waals surface area contributed by atoms with E-state index in [0.29, 0.717) is 32.6 Å². The molecule has 2 aliphatic heterocycles. The first-order chi connectivity index (χ1) is 16.6. The predicted octanol–water partition coefficient (Wildman–Crippen LogP) is 3.66. The van der Waals surface area contributed by atoms with Gasteiger partial charge in [0.25, 0.3) is 0 Å². The molecule has 35 heavy (non-hydrogen) atoms. The van der Waals surface area contributed by atoms with Crippen molar-refractivity contribution in [2.24, 2.45) is 23.2 Å². The summed E-state index contributed by atoms with van der Waals surface area (Å²) >= 11 is 0. The van der Waals surface area contributed by atoms with E-state index in [2.05, 4.69) is 5.32 Å². The molecule has 1 aromatic rings. The zero-order valence-electron chi connectivity index (χ0n) is 20.9. The minimum absolute atomic E-state index is 0.000566. The van der Waals surface area contributed by atoms with E-state index in [-0.39, 0.29) is 52.9 Å². The molecule has 2 saturated heterocycles. The number of hydrogen-bond acceptors (Lipinski definition) is 5. The molecule has 3 aliphatic rings. The van der Waals surface area contributed by atoms with Gasteiger partial charge in [0.05, 0.1) is 0 Å². The van der Waals surface area contributed by atoms with Crippen molar-refractivity contribution in [1.82, 2.24) is 9.80 Å². The normalized spacial score (nSPS) is 25.8. The number of urea groups is 1. The van der Waals surface area contributed by atoms with Crippen LogP contribution in [-0.2, 0) is 9.59 Å². The number of carbonyl (C=O) groups excluding carboxylic acids is 3. The fourth-order valence-corrected chi connectivity index (χ4v) is 6.21. The molecule has 3 atom stereocenters. The van der Waals surface area contributed by atoms with Crippen LogP contribution in [0.25, 0.3) is 0 Å². The first-order valence-corrected chi connectivity index (χ1v) is 12.6. The maximum absolute atomic E-state index is 13.1. The van der Waals surface area contributed by atoms with Crippen LogP contribution in [-0.4, -0.2) is 65.2 Å². The lowest BCUT2D eigenvalue weighted by Crippen LogP contribution is -2.46. The molecule has 1 spiro atoms. The molecule has 9 nitrogen and oxygen atoms in total. The zero-order chi connectivity index (χ0) is 25.3. The van der Waals surface area contributed by atoms with Gasteiger partial charge in [-0.2, -0.15) is 0 Å². The number of benzene rings is 1. The smallest absolute Gasteiger partial charge is 0.321 e. The number of anilines is 1. The first kappa shape index (κ1) is 25.1. The number of nitrogens with one attached hydrogen (secondary N) is 1. The van der Waals surface area contributed by atoms with Gasteiger partial charge in [-0.05, 0) is 56.1 Å². The summed E-state index contributed by atoms with van der Waals surface area (Å²) < 4.78 is 0. The summed E-state index contributed by atoms with van der Waals surface area (Å²) in [6.07, 6.45) is 2.95. The van der Waals surface area contributed by atoms with Crippen molar-refractivity contribution in [2.75, 3.05) is 38.0 Å². The minimum atomic E-state index is -0.546. The van der Waals surface area contributed by atoms with E-state index in [1.54, 1.807) is 0 Å². The Bertz CT molecular complexity index is 1020. The second-order valence-corrected chi connectivity index (χ2v) is 10.9. The van der Waals surface area contributed by atoms with Crippen LogP contribution >= 0.6 is 0 Å². The highest BCUT2D eigenvalue weighted by Crippen LogP contribution is 2.42. The Labute approximate surface area is 206 Å². The van der Waals surface area contributed by atoms with Crippen molar-refractivity contribution in [1.29, 1.82) is 0 Å². The number of likely N-dealkylation sites (tertiary alicyclic amines) is 2. The zero-order valence-corrected chi connectivity index (χ0v) is 20.9. The van der Waals surface area contributed by atoms with Gasteiger partial charge < -0.3 is 15.1 Å². The first-order valence-electron chi connectivity index (χ1n) is 12.6. The Balaban J connectivity index is 1.30. The van der Waals surface area contributed by atoms with E-state index < -0.39 is 5.92 Å². The number of rotatable bonds is 5. The molecule has 0 aromatic heterocycles. The van der Waals surface area contributed by atoms with E-state index in [1.165, 1.54) is 0 Å². The van der Waals surface area contributed by atoms with Gasteiger partial charge in [-0.15, -0.1) is 0 Å². The maximum Gasteiger partial charge on any atom is 0.321 e. The van der Waals surface area contributed by atoms with Crippen LogP contribution in [0, 0.1) is 47.1 Å². The maximum atomic E-state index is 13.1. The second-order valence-electron chi connectivity index (χ2n) is 10.9. The molecule has 4 rings (SSSR count). The van der Waals surface area contributed by atoms with Crippen molar-refractivity contribution in [2.45, 2.75) is 52.9 Å². The summed E-state index contributed by atoms with van der Waals surface area (Å²) in [6.45, 7) is 8.18. The molecule has 3 fully saturated rings. The third-order valence-corrected chi connectivity index (χ3v) is 8.46. The van der Waals surface area contributed by atoms with Gasteiger partial charge in [0.1, 0.15) is 5.78 Å². The molecule has 3 amide bonds. The molecule has 9 heteroatoms. The van der Waals surface area contributed by atoms with E-state index in [0.717, 1.165) is 36.1 Å². The van der Waals surface area contributed by atoms with Crippen molar-refractivity contribution < 1.29 is 19.3 Å². The van der Waals surface area contributed by atoms with Crippen molar-refractivity contribution in [3.63, 3.8) is 0 Å². The number of Topliss-reactive ketones (excluding diaryl/α,β-unsaturated/α-hetero) is 1. The Morgan fingerprint density at radius 3 is 2.43 bits per heavy atom. The van der Waals surface area contributed by atoms with Gasteiger partial charge in [-0.3, -0.25) is 19.7 Å². The van der Waals surface area contributed by atoms with E-state index in [4.69, 9.17) is 0 Å². The molecular weight excluding hydrogens is 448 g/mol. The summed E-state index contributed by atoms with van der Waals surface area (Å²) in [4.78, 5) is 52.7. The second kappa shape index (κ2) is 9.95. The van der Waals surface area contributed by atoms with Crippen molar-refractivity contribution >= 4 is 23.4 Å². The van der Waals surface area contributed by atoms with E-state index in [9.17, 15) is 24.5 Å². The number of amides is 3. The van der Waals surface area contributed by atoms with Crippen LogP contribution < -0.4 is 5.32 Å². The summed E-state index contributed by atoms with van der Waals surface area (Å²) in [5.41, 5.74) is 3.01. The van der Waals surface area contributed by atoms with Crippen LogP contribution in [0.1, 0.15) is 50.2 Å². The molecule has 0 bridgehead atoms. The summed E-state index contributed by atoms with van der Waals surface area (Å²) in [5, 5.41) is 14.1. The number of aryl methyl sites for hydroxylation is 2. The molecule has 190 valence electrons. The lowest BCUT2D eigenvalue weighted by Gasteiger charge is -2.39. The number of nitro groups is 1. The number of nitrogens with zero attached hydrogens (tertiary/aromatic N) is 3. The molecule has 3 unspecified atom stereocenters. The monoisotopic (exact) mass is 484 g/mol. The lowest BCUT2D eigenvalue weighted by atomic mass is 9.78. The topological polar surface area (TPSA) is 113 Å². The Kier molecular flexibility index (Phi) is 7.15. The Morgan fingerprint density at radius 2 is 1.80 bits per heavy atom. The van der Waals surface area contributed by atoms with Gasteiger partial charge >= 0.3 is 6.03 Å². The highest BCUT2D eigenvalue weighted by molar-refractivity contribution is 5.90. The molecule has 1 saturated carbocycles. The van der Waals surface area contributed by atoms with Crippen LogP contribution in [0.2, 0.25) is 0 Å². The third-order valence-electron chi connectivity index (χ3n) is 8.46. The largest absolute Gasteiger partial charge is 0.342 e. The number of piperidine rings is 1. The summed E-state index contributed by atoms with van der Waals surface area (Å²) in [7, 11) is 0. The highest BCUT2D eigenvalue weighted by atomic mass is 16.6. The minimum Gasteiger partial charge on any atom is -0.342 e. The lowest BCUT2D eigenvalue weighted by molar-refractivity contribution is -0.490. The molecule has 1 aromatic carbocycles. The van der Waals surface area contributed by atoms with Crippen LogP contribution in [0.3, 0.4) is 0 Å². The van der Waals surface area contributed by atoms with Gasteiger partial charge in [-0.25, -0.2) is 4.79 Å². The molecular formula is C26H36N4O5. The van der Waals surface area contributed by atoms with Crippen LogP contribution in [0.5, 0.6) is 0 Å². The van der Waals surface area contributed by atoms with Crippen molar-refractivity contribution in [3.05, 3.63) is 39.4 Å². The van der Waals surface area contributed by atoms with E-state index >= 15 is 0 Å². The fourth-order valence-electron chi connectivity index (χ4n) is 6.21. The standard InChI is InChI=1S/C26H36N4O5/c1-17-4-5-22(19(3)12-17)27-25(33)28-9-6-26(7-10-28)8-11-29(16-26)24(32)14-20-21(15-30(34)35)18(2)13-23(20)31/h4-5,12,18,20-21H,6-11,13-16H2,1-3H3,(H,27,33). The van der Waals surface area contributed by atoms with Gasteiger partial charge in [0, 0.05) is 61.5 Å². The molecule has 1 N–H and O–H groups in total. The van der Waals surface area contributed by atoms with E-state index in [1.807, 2.05) is 48.8 Å². The van der Waals surface area contributed by atoms with Crippen LogP contribution in [0.15, 0.2) is 18.2 Å².